The van der Waals surface area contributed by atoms with Gasteiger partial charge in [-0.25, -0.2) is 0 Å². The summed E-state index contributed by atoms with van der Waals surface area (Å²) in [6.07, 6.45) is 0.797. The second-order valence-electron chi connectivity index (χ2n) is 7.93. The van der Waals surface area contributed by atoms with Crippen molar-refractivity contribution < 1.29 is 4.79 Å². The van der Waals surface area contributed by atoms with Gasteiger partial charge in [0.15, 0.2) is 0 Å². The van der Waals surface area contributed by atoms with Gasteiger partial charge in [0.2, 0.25) is 23.8 Å². The Morgan fingerprint density at radius 1 is 1.00 bits per heavy atom. The van der Waals surface area contributed by atoms with E-state index in [1.165, 1.54) is 0 Å². The van der Waals surface area contributed by atoms with Crippen molar-refractivity contribution in [2.45, 2.75) is 13.0 Å². The van der Waals surface area contributed by atoms with Gasteiger partial charge in [0.25, 0.3) is 0 Å². The third kappa shape index (κ3) is 4.79. The van der Waals surface area contributed by atoms with Gasteiger partial charge in [0.05, 0.1) is 5.92 Å². The Hall–Kier alpha value is -2.94. The lowest BCUT2D eigenvalue weighted by Crippen LogP contribution is -2.45. The standard InChI is InChI=1S/C21H30N8O/c1-22-19-24-20(28-12-10-27(2)11-13-28)26-21(25-19)29-9-8-17(15-29)18(30)23-14-16-6-4-3-5-7-16/h3-7,17H,8-15H2,1-2H3,(H,23,30)(H,22,24,25,26). The Labute approximate surface area is 177 Å². The summed E-state index contributed by atoms with van der Waals surface area (Å²) in [5, 5.41) is 6.10. The van der Waals surface area contributed by atoms with Crippen LogP contribution in [0.1, 0.15) is 12.0 Å². The molecule has 1 unspecified atom stereocenters. The number of amides is 1. The molecule has 2 aliphatic heterocycles. The monoisotopic (exact) mass is 410 g/mol. The first-order valence-corrected chi connectivity index (χ1v) is 10.6. The third-order valence-electron chi connectivity index (χ3n) is 5.77. The van der Waals surface area contributed by atoms with E-state index in [4.69, 9.17) is 4.98 Å². The summed E-state index contributed by atoms with van der Waals surface area (Å²) in [6, 6.07) is 9.98. The number of nitrogens with one attached hydrogen (secondary N) is 2. The third-order valence-corrected chi connectivity index (χ3v) is 5.77. The van der Waals surface area contributed by atoms with Crippen LogP contribution >= 0.6 is 0 Å². The smallest absolute Gasteiger partial charge is 0.232 e. The molecule has 3 heterocycles. The predicted octanol–water partition coefficient (Wildman–Crippen LogP) is 0.808. The summed E-state index contributed by atoms with van der Waals surface area (Å²) in [4.78, 5) is 33.1. The van der Waals surface area contributed by atoms with E-state index in [9.17, 15) is 4.79 Å². The molecule has 0 saturated carbocycles. The van der Waals surface area contributed by atoms with Crippen LogP contribution in [0, 0.1) is 5.92 Å². The molecule has 9 nitrogen and oxygen atoms in total. The zero-order valence-corrected chi connectivity index (χ0v) is 17.7. The molecule has 2 aliphatic rings. The first-order valence-electron chi connectivity index (χ1n) is 10.6. The summed E-state index contributed by atoms with van der Waals surface area (Å²) < 4.78 is 0. The van der Waals surface area contributed by atoms with E-state index in [1.54, 1.807) is 0 Å². The number of nitrogens with zero attached hydrogens (tertiary/aromatic N) is 6. The van der Waals surface area contributed by atoms with Crippen LogP contribution in [0.5, 0.6) is 0 Å². The van der Waals surface area contributed by atoms with Gasteiger partial charge in [0.1, 0.15) is 0 Å². The number of hydrogen-bond donors (Lipinski definition) is 2. The molecule has 2 aromatic rings. The molecule has 0 aliphatic carbocycles. The minimum Gasteiger partial charge on any atom is -0.357 e. The van der Waals surface area contributed by atoms with Crippen LogP contribution in [0.25, 0.3) is 0 Å². The van der Waals surface area contributed by atoms with Gasteiger partial charge in [-0.3, -0.25) is 4.79 Å². The van der Waals surface area contributed by atoms with Crippen LogP contribution in [0.3, 0.4) is 0 Å². The lowest BCUT2D eigenvalue weighted by Gasteiger charge is -2.32. The van der Waals surface area contributed by atoms with E-state index in [0.29, 0.717) is 30.9 Å². The average molecular weight is 411 g/mol. The summed E-state index contributed by atoms with van der Waals surface area (Å²) >= 11 is 0. The Morgan fingerprint density at radius 2 is 1.70 bits per heavy atom. The highest BCUT2D eigenvalue weighted by atomic mass is 16.1. The molecule has 1 amide bonds. The summed E-state index contributed by atoms with van der Waals surface area (Å²) in [5.41, 5.74) is 1.11. The van der Waals surface area contributed by atoms with Crippen LogP contribution in [0.2, 0.25) is 0 Å². The molecule has 160 valence electrons. The zero-order chi connectivity index (χ0) is 20.9. The second-order valence-corrected chi connectivity index (χ2v) is 7.93. The van der Waals surface area contributed by atoms with E-state index < -0.39 is 0 Å². The molecule has 0 bridgehead atoms. The van der Waals surface area contributed by atoms with Crippen LogP contribution in [0.4, 0.5) is 17.8 Å². The zero-order valence-electron chi connectivity index (χ0n) is 17.7. The number of piperazine rings is 1. The lowest BCUT2D eigenvalue weighted by atomic mass is 10.1. The van der Waals surface area contributed by atoms with E-state index in [0.717, 1.165) is 44.7 Å². The fourth-order valence-corrected chi connectivity index (χ4v) is 3.84. The van der Waals surface area contributed by atoms with E-state index in [1.807, 2.05) is 37.4 Å². The minimum absolute atomic E-state index is 0.0596. The molecule has 2 N–H and O–H groups in total. The normalized spacial score (nSPS) is 19.7. The van der Waals surface area contributed by atoms with Gasteiger partial charge in [0, 0.05) is 52.9 Å². The molecule has 1 aromatic heterocycles. The van der Waals surface area contributed by atoms with Crippen molar-refractivity contribution in [3.05, 3.63) is 35.9 Å². The molecular weight excluding hydrogens is 380 g/mol. The average Bonchev–Trinajstić information content (AvgIpc) is 3.29. The molecule has 4 rings (SSSR count). The lowest BCUT2D eigenvalue weighted by molar-refractivity contribution is -0.124. The summed E-state index contributed by atoms with van der Waals surface area (Å²) in [5.74, 6) is 1.93. The molecule has 2 saturated heterocycles. The maximum atomic E-state index is 12.6. The van der Waals surface area contributed by atoms with Crippen LogP contribution < -0.4 is 20.4 Å². The molecule has 30 heavy (non-hydrogen) atoms. The van der Waals surface area contributed by atoms with Crippen LogP contribution in [-0.4, -0.2) is 79.1 Å². The van der Waals surface area contributed by atoms with Crippen LogP contribution in [-0.2, 0) is 11.3 Å². The van der Waals surface area contributed by atoms with Crippen molar-refractivity contribution in [3.8, 4) is 0 Å². The van der Waals surface area contributed by atoms with Crippen molar-refractivity contribution in [1.29, 1.82) is 0 Å². The number of rotatable bonds is 6. The van der Waals surface area contributed by atoms with Crippen molar-refractivity contribution in [2.75, 3.05) is 68.5 Å². The fourth-order valence-electron chi connectivity index (χ4n) is 3.84. The summed E-state index contributed by atoms with van der Waals surface area (Å²) in [6.45, 7) is 5.71. The predicted molar refractivity (Wildman–Crippen MR) is 118 cm³/mol. The number of likely N-dealkylation sites (N-methyl/N-ethyl adjacent to an activating group) is 1. The van der Waals surface area contributed by atoms with Crippen molar-refractivity contribution >= 4 is 23.8 Å². The number of hydrogen-bond acceptors (Lipinski definition) is 8. The van der Waals surface area contributed by atoms with E-state index in [-0.39, 0.29) is 11.8 Å². The maximum Gasteiger partial charge on any atom is 0.232 e. The van der Waals surface area contributed by atoms with Crippen molar-refractivity contribution in [1.82, 2.24) is 25.2 Å². The first kappa shape index (κ1) is 20.3. The van der Waals surface area contributed by atoms with Gasteiger partial charge in [-0.15, -0.1) is 0 Å². The van der Waals surface area contributed by atoms with Crippen molar-refractivity contribution in [2.24, 2.45) is 5.92 Å². The molecule has 9 heteroatoms. The highest BCUT2D eigenvalue weighted by Crippen LogP contribution is 2.24. The molecule has 1 atom stereocenters. The number of aromatic nitrogens is 3. The Morgan fingerprint density at radius 3 is 2.40 bits per heavy atom. The van der Waals surface area contributed by atoms with E-state index in [2.05, 4.69) is 42.3 Å². The molecule has 2 fully saturated rings. The Bertz CT molecular complexity index is 853. The number of carbonyl (C=O) groups is 1. The topological polar surface area (TPSA) is 89.5 Å². The van der Waals surface area contributed by atoms with Gasteiger partial charge < -0.3 is 25.3 Å². The Balaban J connectivity index is 1.40. The molecule has 1 aromatic carbocycles. The number of carbonyl (C=O) groups excluding carboxylic acids is 1. The van der Waals surface area contributed by atoms with Gasteiger partial charge in [-0.2, -0.15) is 15.0 Å². The van der Waals surface area contributed by atoms with Crippen molar-refractivity contribution in [3.63, 3.8) is 0 Å². The SMILES string of the molecule is CNc1nc(N2CCN(C)CC2)nc(N2CCC(C(=O)NCc3ccccc3)C2)n1. The minimum atomic E-state index is -0.0596. The van der Waals surface area contributed by atoms with Crippen LogP contribution in [0.15, 0.2) is 30.3 Å². The summed E-state index contributed by atoms with van der Waals surface area (Å²) in [7, 11) is 3.94. The maximum absolute atomic E-state index is 12.6. The number of anilines is 3. The largest absolute Gasteiger partial charge is 0.357 e. The highest BCUT2D eigenvalue weighted by Gasteiger charge is 2.30. The number of benzene rings is 1. The highest BCUT2D eigenvalue weighted by molar-refractivity contribution is 5.80. The first-order chi connectivity index (χ1) is 14.6. The quantitative estimate of drug-likeness (QED) is 0.723. The van der Waals surface area contributed by atoms with Gasteiger partial charge in [-0.1, -0.05) is 30.3 Å². The second kappa shape index (κ2) is 9.25. The fraction of sp³-hybridized carbons (Fsp3) is 0.524. The molecular formula is C21H30N8O. The molecule has 0 radical (unpaired) electrons. The Kier molecular flexibility index (Phi) is 6.27. The van der Waals surface area contributed by atoms with E-state index >= 15 is 0 Å². The molecule has 0 spiro atoms. The van der Waals surface area contributed by atoms with Gasteiger partial charge in [-0.05, 0) is 19.0 Å². The van der Waals surface area contributed by atoms with Gasteiger partial charge >= 0.3 is 0 Å².